The van der Waals surface area contributed by atoms with E-state index in [1.807, 2.05) is 0 Å². The van der Waals surface area contributed by atoms with Crippen LogP contribution < -0.4 is 0 Å². The summed E-state index contributed by atoms with van der Waals surface area (Å²) in [6.07, 6.45) is 2.15. The van der Waals surface area contributed by atoms with Gasteiger partial charge >= 0.3 is 0 Å². The van der Waals surface area contributed by atoms with Crippen LogP contribution in [0.3, 0.4) is 0 Å². The molecule has 1 heteroatoms. The average molecular weight is 142 g/mol. The summed E-state index contributed by atoms with van der Waals surface area (Å²) in [4.78, 5) is 0. The Kier molecular flexibility index (Phi) is 2.35. The second-order valence-electron chi connectivity index (χ2n) is 3.51. The molecule has 1 fully saturated rings. The Morgan fingerprint density at radius 2 is 1.70 bits per heavy atom. The molecule has 1 saturated heterocycles. The van der Waals surface area contributed by atoms with Gasteiger partial charge in [-0.25, -0.2) is 0 Å². The van der Waals surface area contributed by atoms with E-state index in [0.717, 1.165) is 18.3 Å². The monoisotopic (exact) mass is 142 g/mol. The molecule has 60 valence electrons. The van der Waals surface area contributed by atoms with Crippen molar-refractivity contribution >= 4 is 0 Å². The van der Waals surface area contributed by atoms with Gasteiger partial charge in [-0.15, -0.1) is 0 Å². The Hall–Kier alpha value is -0.0400. The van der Waals surface area contributed by atoms with E-state index in [4.69, 9.17) is 4.74 Å². The van der Waals surface area contributed by atoms with Crippen molar-refractivity contribution in [2.24, 2.45) is 11.8 Å². The predicted molar refractivity (Wildman–Crippen MR) is 43.0 cm³/mol. The molecule has 0 spiro atoms. The fourth-order valence-corrected chi connectivity index (χ4v) is 1.76. The van der Waals surface area contributed by atoms with Crippen LogP contribution >= 0.6 is 0 Å². The van der Waals surface area contributed by atoms with Gasteiger partial charge in [-0.05, 0) is 25.2 Å². The average Bonchev–Trinajstić information content (AvgIpc) is 2.17. The van der Waals surface area contributed by atoms with Gasteiger partial charge in [0, 0.05) is 0 Å². The SMILES string of the molecule is CC[C@H]1O[C@@H](C)C(C)C1C. The van der Waals surface area contributed by atoms with Gasteiger partial charge < -0.3 is 4.74 Å². The summed E-state index contributed by atoms with van der Waals surface area (Å²) in [5.41, 5.74) is 0. The van der Waals surface area contributed by atoms with Gasteiger partial charge in [-0.2, -0.15) is 0 Å². The van der Waals surface area contributed by atoms with E-state index >= 15 is 0 Å². The molecule has 0 N–H and O–H groups in total. The van der Waals surface area contributed by atoms with Crippen molar-refractivity contribution in [3.63, 3.8) is 0 Å². The number of hydrogen-bond acceptors (Lipinski definition) is 1. The zero-order valence-corrected chi connectivity index (χ0v) is 7.42. The Bertz CT molecular complexity index is 111. The van der Waals surface area contributed by atoms with Crippen LogP contribution in [0.25, 0.3) is 0 Å². The number of ether oxygens (including phenoxy) is 1. The molecule has 1 heterocycles. The van der Waals surface area contributed by atoms with E-state index in [0.29, 0.717) is 12.2 Å². The molecule has 10 heavy (non-hydrogen) atoms. The predicted octanol–water partition coefficient (Wildman–Crippen LogP) is 2.46. The molecule has 1 aliphatic rings. The minimum atomic E-state index is 0.472. The van der Waals surface area contributed by atoms with Crippen molar-refractivity contribution in [1.82, 2.24) is 0 Å². The molecule has 0 bridgehead atoms. The minimum Gasteiger partial charge on any atom is -0.375 e. The van der Waals surface area contributed by atoms with Gasteiger partial charge in [0.05, 0.1) is 12.2 Å². The Balaban J connectivity index is 2.53. The summed E-state index contributed by atoms with van der Waals surface area (Å²) in [5, 5.41) is 0. The van der Waals surface area contributed by atoms with Crippen LogP contribution in [0.1, 0.15) is 34.1 Å². The maximum Gasteiger partial charge on any atom is 0.0605 e. The Morgan fingerprint density at radius 3 is 1.90 bits per heavy atom. The van der Waals surface area contributed by atoms with E-state index in [1.165, 1.54) is 0 Å². The number of hydrogen-bond donors (Lipinski definition) is 0. The van der Waals surface area contributed by atoms with Gasteiger partial charge in [-0.3, -0.25) is 0 Å². The third-order valence-corrected chi connectivity index (χ3v) is 2.95. The van der Waals surface area contributed by atoms with Crippen molar-refractivity contribution in [2.75, 3.05) is 0 Å². The Morgan fingerprint density at radius 1 is 1.10 bits per heavy atom. The zero-order valence-electron chi connectivity index (χ0n) is 7.42. The normalized spacial score (nSPS) is 48.0. The summed E-state index contributed by atoms with van der Waals surface area (Å²) >= 11 is 0. The van der Waals surface area contributed by atoms with Crippen LogP contribution in [0.2, 0.25) is 0 Å². The van der Waals surface area contributed by atoms with Gasteiger partial charge in [0.1, 0.15) is 0 Å². The second-order valence-corrected chi connectivity index (χ2v) is 3.51. The summed E-state index contributed by atoms with van der Waals surface area (Å²) in [7, 11) is 0. The highest BCUT2D eigenvalue weighted by atomic mass is 16.5. The van der Waals surface area contributed by atoms with Crippen LogP contribution in [0.4, 0.5) is 0 Å². The largest absolute Gasteiger partial charge is 0.375 e. The van der Waals surface area contributed by atoms with Gasteiger partial charge in [0.25, 0.3) is 0 Å². The quantitative estimate of drug-likeness (QED) is 0.546. The van der Waals surface area contributed by atoms with Crippen LogP contribution in [0, 0.1) is 11.8 Å². The second kappa shape index (κ2) is 2.91. The molecular formula is C9H18O. The lowest BCUT2D eigenvalue weighted by atomic mass is 9.90. The highest BCUT2D eigenvalue weighted by Gasteiger charge is 2.34. The fourth-order valence-electron chi connectivity index (χ4n) is 1.76. The molecule has 0 saturated carbocycles. The molecule has 2 unspecified atom stereocenters. The Labute approximate surface area is 63.8 Å². The van der Waals surface area contributed by atoms with Crippen molar-refractivity contribution in [3.8, 4) is 0 Å². The molecule has 0 amide bonds. The third kappa shape index (κ3) is 1.20. The molecular weight excluding hydrogens is 124 g/mol. The third-order valence-electron chi connectivity index (χ3n) is 2.95. The van der Waals surface area contributed by atoms with Crippen LogP contribution in [-0.4, -0.2) is 12.2 Å². The summed E-state index contributed by atoms with van der Waals surface area (Å²) in [6.45, 7) is 8.95. The van der Waals surface area contributed by atoms with Crippen LogP contribution in [0.15, 0.2) is 0 Å². The lowest BCUT2D eigenvalue weighted by molar-refractivity contribution is 0.0393. The summed E-state index contributed by atoms with van der Waals surface area (Å²) in [6, 6.07) is 0. The van der Waals surface area contributed by atoms with E-state index in [2.05, 4.69) is 27.7 Å². The lowest BCUT2D eigenvalue weighted by Gasteiger charge is -2.12. The van der Waals surface area contributed by atoms with Crippen molar-refractivity contribution < 1.29 is 4.74 Å². The standard InChI is InChI=1S/C9H18O/c1-5-9-7(3)6(2)8(4)10-9/h6-9H,5H2,1-4H3/t6?,7?,8-,9+/m0/s1. The molecule has 1 aliphatic heterocycles. The highest BCUT2D eigenvalue weighted by molar-refractivity contribution is 4.82. The molecule has 1 nitrogen and oxygen atoms in total. The van der Waals surface area contributed by atoms with Crippen molar-refractivity contribution in [3.05, 3.63) is 0 Å². The molecule has 0 aliphatic carbocycles. The number of rotatable bonds is 1. The van der Waals surface area contributed by atoms with Crippen LogP contribution in [0.5, 0.6) is 0 Å². The first-order valence-electron chi connectivity index (χ1n) is 4.32. The first kappa shape index (κ1) is 8.06. The lowest BCUT2D eigenvalue weighted by Crippen LogP contribution is -2.14. The highest BCUT2D eigenvalue weighted by Crippen LogP contribution is 2.32. The van der Waals surface area contributed by atoms with Crippen molar-refractivity contribution in [1.29, 1.82) is 0 Å². The van der Waals surface area contributed by atoms with Crippen LogP contribution in [-0.2, 0) is 4.74 Å². The van der Waals surface area contributed by atoms with E-state index in [1.54, 1.807) is 0 Å². The molecule has 0 radical (unpaired) electrons. The van der Waals surface area contributed by atoms with E-state index < -0.39 is 0 Å². The first-order valence-corrected chi connectivity index (χ1v) is 4.32. The topological polar surface area (TPSA) is 9.23 Å². The first-order chi connectivity index (χ1) is 4.66. The molecule has 0 aromatic heterocycles. The molecule has 1 rings (SSSR count). The maximum atomic E-state index is 5.73. The van der Waals surface area contributed by atoms with E-state index in [9.17, 15) is 0 Å². The van der Waals surface area contributed by atoms with Gasteiger partial charge in [0.15, 0.2) is 0 Å². The van der Waals surface area contributed by atoms with Gasteiger partial charge in [-0.1, -0.05) is 20.8 Å². The molecule has 0 aromatic rings. The smallest absolute Gasteiger partial charge is 0.0605 e. The van der Waals surface area contributed by atoms with E-state index in [-0.39, 0.29) is 0 Å². The molecule has 0 aromatic carbocycles. The maximum absolute atomic E-state index is 5.73. The zero-order chi connectivity index (χ0) is 7.72. The fraction of sp³-hybridized carbons (Fsp3) is 1.00. The minimum absolute atomic E-state index is 0.472. The molecule has 4 atom stereocenters. The summed E-state index contributed by atoms with van der Waals surface area (Å²) < 4.78 is 5.73. The van der Waals surface area contributed by atoms with Gasteiger partial charge in [0.2, 0.25) is 0 Å². The summed E-state index contributed by atoms with van der Waals surface area (Å²) in [5.74, 6) is 1.49. The van der Waals surface area contributed by atoms with Crippen molar-refractivity contribution in [2.45, 2.75) is 46.3 Å².